The van der Waals surface area contributed by atoms with Crippen molar-refractivity contribution in [1.82, 2.24) is 19.6 Å². The van der Waals surface area contributed by atoms with E-state index in [9.17, 15) is 4.79 Å². The number of nitrogens with zero attached hydrogens (tertiary/aromatic N) is 4. The first-order valence-electron chi connectivity index (χ1n) is 9.11. The summed E-state index contributed by atoms with van der Waals surface area (Å²) in [6.07, 6.45) is 7.13. The lowest BCUT2D eigenvalue weighted by atomic mass is 10.0. The first kappa shape index (κ1) is 17.6. The van der Waals surface area contributed by atoms with Crippen molar-refractivity contribution in [1.29, 1.82) is 0 Å². The smallest absolute Gasteiger partial charge is 0.236 e. The molecule has 142 valence electrons. The zero-order valence-electron chi connectivity index (χ0n) is 15.7. The number of likely N-dealkylation sites (N-methyl/N-ethyl adjacent to an activating group) is 1. The van der Waals surface area contributed by atoms with Crippen LogP contribution in [0.25, 0.3) is 5.57 Å². The maximum Gasteiger partial charge on any atom is 0.236 e. The molecule has 0 saturated heterocycles. The quantitative estimate of drug-likeness (QED) is 0.806. The summed E-state index contributed by atoms with van der Waals surface area (Å²) in [5, 5.41) is 4.50. The van der Waals surface area contributed by atoms with Crippen LogP contribution in [0.5, 0.6) is 11.5 Å². The molecule has 0 unspecified atom stereocenters. The average molecular weight is 368 g/mol. The first-order chi connectivity index (χ1) is 13.1. The van der Waals surface area contributed by atoms with Gasteiger partial charge in [0.15, 0.2) is 11.5 Å². The summed E-state index contributed by atoms with van der Waals surface area (Å²) in [6, 6.07) is 5.98. The van der Waals surface area contributed by atoms with Gasteiger partial charge in [0.25, 0.3) is 0 Å². The Kier molecular flexibility index (Phi) is 4.85. The molecule has 1 aromatic heterocycles. The molecule has 0 fully saturated rings. The molecular weight excluding hydrogens is 344 g/mol. The van der Waals surface area contributed by atoms with E-state index < -0.39 is 0 Å². The summed E-state index contributed by atoms with van der Waals surface area (Å²) in [7, 11) is 3.59. The van der Waals surface area contributed by atoms with Gasteiger partial charge in [-0.3, -0.25) is 14.4 Å². The van der Waals surface area contributed by atoms with Crippen LogP contribution in [0.3, 0.4) is 0 Å². The van der Waals surface area contributed by atoms with Crippen molar-refractivity contribution in [2.45, 2.75) is 13.0 Å². The van der Waals surface area contributed by atoms with Crippen LogP contribution in [-0.4, -0.2) is 66.0 Å². The Hall–Kier alpha value is -2.80. The third kappa shape index (κ3) is 3.98. The van der Waals surface area contributed by atoms with Crippen molar-refractivity contribution in [3.8, 4) is 11.5 Å². The van der Waals surface area contributed by atoms with Gasteiger partial charge in [-0.1, -0.05) is 12.1 Å². The number of benzene rings is 1. The predicted molar refractivity (Wildman–Crippen MR) is 102 cm³/mol. The van der Waals surface area contributed by atoms with E-state index in [0.29, 0.717) is 13.1 Å². The van der Waals surface area contributed by atoms with Gasteiger partial charge in [-0.25, -0.2) is 0 Å². The minimum absolute atomic E-state index is 0.142. The van der Waals surface area contributed by atoms with E-state index in [-0.39, 0.29) is 12.7 Å². The molecular formula is C20H24N4O3. The van der Waals surface area contributed by atoms with Crippen LogP contribution in [0, 0.1) is 0 Å². The number of hydrogen-bond acceptors (Lipinski definition) is 5. The number of aromatic nitrogens is 2. The number of carbonyl (C=O) groups is 1. The highest BCUT2D eigenvalue weighted by Crippen LogP contribution is 2.32. The number of rotatable bonds is 5. The van der Waals surface area contributed by atoms with E-state index in [0.717, 1.165) is 42.1 Å². The fraction of sp³-hybridized carbons (Fsp3) is 0.400. The molecule has 1 aromatic carbocycles. The van der Waals surface area contributed by atoms with E-state index >= 15 is 0 Å². The molecule has 4 rings (SSSR count). The van der Waals surface area contributed by atoms with Gasteiger partial charge in [0, 0.05) is 38.9 Å². The minimum atomic E-state index is 0.142. The fourth-order valence-electron chi connectivity index (χ4n) is 3.29. The van der Waals surface area contributed by atoms with Crippen LogP contribution in [0.15, 0.2) is 36.7 Å². The average Bonchev–Trinajstić information content (AvgIpc) is 3.31. The Balaban J connectivity index is 1.38. The second-order valence-electron chi connectivity index (χ2n) is 7.12. The maximum absolute atomic E-state index is 11.8. The Morgan fingerprint density at radius 2 is 2.11 bits per heavy atom. The molecule has 0 atom stereocenters. The predicted octanol–water partition coefficient (Wildman–Crippen LogP) is 1.84. The van der Waals surface area contributed by atoms with E-state index in [4.69, 9.17) is 9.47 Å². The standard InChI is InChI=1S/C20H24N4O3/c1-22(2)20(25)13-23-7-5-16(6-8-23)17-10-21-24(12-17)11-15-3-4-18-19(9-15)27-14-26-18/h3-5,9-10,12H,6-8,11,13-14H2,1-2H3. The molecule has 2 aromatic rings. The Labute approximate surface area is 158 Å². The fourth-order valence-corrected chi connectivity index (χ4v) is 3.29. The van der Waals surface area contributed by atoms with Gasteiger partial charge in [-0.15, -0.1) is 0 Å². The topological polar surface area (TPSA) is 59.8 Å². The number of amides is 1. The highest BCUT2D eigenvalue weighted by molar-refractivity contribution is 5.78. The minimum Gasteiger partial charge on any atom is -0.454 e. The van der Waals surface area contributed by atoms with Crippen LogP contribution in [0.1, 0.15) is 17.5 Å². The maximum atomic E-state index is 11.8. The lowest BCUT2D eigenvalue weighted by Gasteiger charge is -2.26. The molecule has 7 heteroatoms. The van der Waals surface area contributed by atoms with E-state index in [1.807, 2.05) is 29.1 Å². The van der Waals surface area contributed by atoms with Crippen molar-refractivity contribution < 1.29 is 14.3 Å². The van der Waals surface area contributed by atoms with Crippen LogP contribution in [0.4, 0.5) is 0 Å². The SMILES string of the molecule is CN(C)C(=O)CN1CC=C(c2cnn(Cc3ccc4c(c3)OCO4)c2)CC1. The summed E-state index contributed by atoms with van der Waals surface area (Å²) in [6.45, 7) is 3.13. The first-order valence-corrected chi connectivity index (χ1v) is 9.11. The van der Waals surface area contributed by atoms with Crippen molar-refractivity contribution in [3.05, 3.63) is 47.8 Å². The molecule has 0 N–H and O–H groups in total. The van der Waals surface area contributed by atoms with E-state index in [2.05, 4.69) is 22.3 Å². The van der Waals surface area contributed by atoms with Gasteiger partial charge < -0.3 is 14.4 Å². The second kappa shape index (κ2) is 7.44. The van der Waals surface area contributed by atoms with Gasteiger partial charge in [0.05, 0.1) is 19.3 Å². The van der Waals surface area contributed by atoms with Gasteiger partial charge in [-0.2, -0.15) is 5.10 Å². The molecule has 27 heavy (non-hydrogen) atoms. The van der Waals surface area contributed by atoms with E-state index in [1.165, 1.54) is 5.57 Å². The molecule has 0 aliphatic carbocycles. The lowest BCUT2D eigenvalue weighted by molar-refractivity contribution is -0.129. The number of ether oxygens (including phenoxy) is 2. The highest BCUT2D eigenvalue weighted by Gasteiger charge is 2.18. The molecule has 0 radical (unpaired) electrons. The summed E-state index contributed by atoms with van der Waals surface area (Å²) in [5.41, 5.74) is 3.56. The largest absolute Gasteiger partial charge is 0.454 e. The van der Waals surface area contributed by atoms with E-state index in [1.54, 1.807) is 19.0 Å². The Bertz CT molecular complexity index is 872. The monoisotopic (exact) mass is 368 g/mol. The molecule has 2 aliphatic rings. The summed E-state index contributed by atoms with van der Waals surface area (Å²) >= 11 is 0. The summed E-state index contributed by atoms with van der Waals surface area (Å²) in [5.74, 6) is 1.73. The molecule has 0 saturated carbocycles. The molecule has 7 nitrogen and oxygen atoms in total. The van der Waals surface area contributed by atoms with Crippen molar-refractivity contribution in [3.63, 3.8) is 0 Å². The normalized spacial score (nSPS) is 16.3. The number of hydrogen-bond donors (Lipinski definition) is 0. The second-order valence-corrected chi connectivity index (χ2v) is 7.12. The van der Waals surface area contributed by atoms with Crippen LogP contribution in [0.2, 0.25) is 0 Å². The van der Waals surface area contributed by atoms with Crippen molar-refractivity contribution in [2.75, 3.05) is 40.5 Å². The zero-order chi connectivity index (χ0) is 18.8. The number of fused-ring (bicyclic) bond motifs is 1. The van der Waals surface area contributed by atoms with Gasteiger partial charge >= 0.3 is 0 Å². The third-order valence-electron chi connectivity index (χ3n) is 4.94. The summed E-state index contributed by atoms with van der Waals surface area (Å²) < 4.78 is 12.7. The van der Waals surface area contributed by atoms with Gasteiger partial charge in [0.1, 0.15) is 0 Å². The third-order valence-corrected chi connectivity index (χ3v) is 4.94. The van der Waals surface area contributed by atoms with Crippen molar-refractivity contribution >= 4 is 11.5 Å². The zero-order valence-corrected chi connectivity index (χ0v) is 15.7. The Morgan fingerprint density at radius 3 is 2.89 bits per heavy atom. The van der Waals surface area contributed by atoms with Crippen LogP contribution < -0.4 is 9.47 Å². The van der Waals surface area contributed by atoms with Crippen LogP contribution >= 0.6 is 0 Å². The Morgan fingerprint density at radius 1 is 1.26 bits per heavy atom. The molecule has 0 spiro atoms. The molecule has 3 heterocycles. The molecule has 1 amide bonds. The molecule has 2 aliphatic heterocycles. The van der Waals surface area contributed by atoms with Gasteiger partial charge in [-0.05, 0) is 29.7 Å². The van der Waals surface area contributed by atoms with Crippen LogP contribution in [-0.2, 0) is 11.3 Å². The number of carbonyl (C=O) groups excluding carboxylic acids is 1. The molecule has 0 bridgehead atoms. The highest BCUT2D eigenvalue weighted by atomic mass is 16.7. The lowest BCUT2D eigenvalue weighted by Crippen LogP contribution is -2.38. The van der Waals surface area contributed by atoms with Gasteiger partial charge in [0.2, 0.25) is 12.7 Å². The summed E-state index contributed by atoms with van der Waals surface area (Å²) in [4.78, 5) is 15.7. The van der Waals surface area contributed by atoms with Crippen molar-refractivity contribution in [2.24, 2.45) is 0 Å².